The predicted molar refractivity (Wildman–Crippen MR) is 141 cm³/mol. The smallest absolute Gasteiger partial charge is 0.258 e. The van der Waals surface area contributed by atoms with Crippen LogP contribution in [-0.4, -0.2) is 34.9 Å². The van der Waals surface area contributed by atoms with E-state index in [9.17, 15) is 4.57 Å². The molecule has 6 nitrogen and oxygen atoms in total. The molecule has 0 aliphatic rings. The van der Waals surface area contributed by atoms with E-state index in [0.29, 0.717) is 23.4 Å². The van der Waals surface area contributed by atoms with E-state index >= 15 is 0 Å². The molecule has 0 heterocycles. The maximum atomic E-state index is 14.9. The van der Waals surface area contributed by atoms with Gasteiger partial charge in [-0.3, -0.25) is 4.57 Å². The molecule has 0 aromatic heterocycles. The molecular weight excluding hydrogens is 447 g/mol. The van der Waals surface area contributed by atoms with Crippen LogP contribution in [0.4, 0.5) is 11.4 Å². The molecule has 0 saturated carbocycles. The van der Waals surface area contributed by atoms with Gasteiger partial charge in [0.25, 0.3) is 7.37 Å². The highest BCUT2D eigenvalue weighted by Crippen LogP contribution is 2.59. The Morgan fingerprint density at radius 2 is 1.53 bits per heavy atom. The van der Waals surface area contributed by atoms with Gasteiger partial charge in [-0.1, -0.05) is 38.1 Å². The van der Waals surface area contributed by atoms with E-state index in [0.717, 1.165) is 16.9 Å². The van der Waals surface area contributed by atoms with Crippen molar-refractivity contribution < 1.29 is 18.6 Å². The zero-order valence-corrected chi connectivity index (χ0v) is 21.7. The van der Waals surface area contributed by atoms with Crippen LogP contribution in [0, 0.1) is 5.92 Å². The maximum absolute atomic E-state index is 14.9. The second-order valence-corrected chi connectivity index (χ2v) is 11.2. The van der Waals surface area contributed by atoms with Crippen LogP contribution in [0.25, 0.3) is 0 Å². The van der Waals surface area contributed by atoms with Crippen molar-refractivity contribution in [2.45, 2.75) is 19.6 Å². The highest BCUT2D eigenvalue weighted by Gasteiger charge is 2.38. The normalized spacial score (nSPS) is 13.7. The molecule has 0 aliphatic carbocycles. The molecule has 3 aromatic carbocycles. The van der Waals surface area contributed by atoms with Gasteiger partial charge in [0.05, 0.1) is 20.8 Å². The van der Waals surface area contributed by atoms with E-state index in [1.54, 1.807) is 14.2 Å². The number of rotatable bonds is 11. The minimum atomic E-state index is -3.45. The Bertz CT molecular complexity index is 1100. The second-order valence-electron chi connectivity index (χ2n) is 8.72. The number of methoxy groups -OCH3 is 2. The molecule has 0 amide bonds. The van der Waals surface area contributed by atoms with Crippen molar-refractivity contribution in [2.75, 3.05) is 45.1 Å². The summed E-state index contributed by atoms with van der Waals surface area (Å²) >= 11 is 0. The molecule has 3 rings (SSSR count). The Balaban J connectivity index is 2.17. The lowest BCUT2D eigenvalue weighted by atomic mass is 10.2. The van der Waals surface area contributed by atoms with Crippen molar-refractivity contribution in [1.82, 2.24) is 0 Å². The molecule has 0 saturated heterocycles. The minimum absolute atomic E-state index is 0.220. The molecule has 0 bridgehead atoms. The molecule has 0 unspecified atom stereocenters. The van der Waals surface area contributed by atoms with E-state index in [1.165, 1.54) is 0 Å². The van der Waals surface area contributed by atoms with Crippen molar-refractivity contribution in [2.24, 2.45) is 5.92 Å². The Hall–Kier alpha value is -2.95. The number of hydrogen-bond donors (Lipinski definition) is 1. The number of nitrogens with one attached hydrogen (secondary N) is 1. The topological polar surface area (TPSA) is 60.0 Å². The molecule has 3 aromatic rings. The minimum Gasteiger partial charge on any atom is -0.493 e. The van der Waals surface area contributed by atoms with E-state index in [4.69, 9.17) is 14.0 Å². The van der Waals surface area contributed by atoms with Gasteiger partial charge in [-0.05, 0) is 60.0 Å². The third kappa shape index (κ3) is 5.94. The monoisotopic (exact) mass is 482 g/mol. The quantitative estimate of drug-likeness (QED) is 0.331. The Labute approximate surface area is 203 Å². The van der Waals surface area contributed by atoms with Crippen molar-refractivity contribution in [3.8, 4) is 11.5 Å². The molecule has 2 atom stereocenters. The summed E-state index contributed by atoms with van der Waals surface area (Å²) in [5.41, 5.74) is 2.66. The lowest BCUT2D eigenvalue weighted by Crippen LogP contribution is -2.22. The molecular formula is C27H35N2O4P. The van der Waals surface area contributed by atoms with E-state index in [-0.39, 0.29) is 5.92 Å². The Morgan fingerprint density at radius 1 is 0.882 bits per heavy atom. The molecule has 0 radical (unpaired) electrons. The van der Waals surface area contributed by atoms with Gasteiger partial charge in [0.1, 0.15) is 5.78 Å². The van der Waals surface area contributed by atoms with E-state index in [1.807, 2.05) is 91.8 Å². The van der Waals surface area contributed by atoms with Crippen LogP contribution in [0.2, 0.25) is 0 Å². The first-order chi connectivity index (χ1) is 16.3. The largest absolute Gasteiger partial charge is 0.493 e. The molecule has 0 aliphatic heterocycles. The number of benzene rings is 3. The first-order valence-electron chi connectivity index (χ1n) is 11.3. The zero-order valence-electron chi connectivity index (χ0n) is 20.8. The van der Waals surface area contributed by atoms with Crippen LogP contribution in [0.3, 0.4) is 0 Å². The third-order valence-corrected chi connectivity index (χ3v) is 8.12. The highest BCUT2D eigenvalue weighted by molar-refractivity contribution is 7.67. The first-order valence-corrected chi connectivity index (χ1v) is 13.0. The van der Waals surface area contributed by atoms with Crippen LogP contribution in [0.1, 0.15) is 25.2 Å². The number of hydrogen-bond acceptors (Lipinski definition) is 6. The van der Waals surface area contributed by atoms with Crippen molar-refractivity contribution >= 4 is 24.0 Å². The predicted octanol–water partition coefficient (Wildman–Crippen LogP) is 6.16. The third-order valence-electron chi connectivity index (χ3n) is 5.47. The lowest BCUT2D eigenvalue weighted by molar-refractivity contribution is 0.272. The van der Waals surface area contributed by atoms with Crippen LogP contribution in [0.5, 0.6) is 11.5 Å². The fourth-order valence-electron chi connectivity index (χ4n) is 3.60. The summed E-state index contributed by atoms with van der Waals surface area (Å²) in [4.78, 5) is 2.01. The van der Waals surface area contributed by atoms with Gasteiger partial charge in [0.2, 0.25) is 0 Å². The second kappa shape index (κ2) is 11.5. The molecule has 7 heteroatoms. The Morgan fingerprint density at radius 3 is 2.09 bits per heavy atom. The van der Waals surface area contributed by atoms with Crippen molar-refractivity contribution in [3.63, 3.8) is 0 Å². The van der Waals surface area contributed by atoms with Gasteiger partial charge >= 0.3 is 0 Å². The summed E-state index contributed by atoms with van der Waals surface area (Å²) in [6.07, 6.45) is 0. The van der Waals surface area contributed by atoms with Crippen LogP contribution >= 0.6 is 7.37 Å². The summed E-state index contributed by atoms with van der Waals surface area (Å²) in [5.74, 6) is 0.756. The van der Waals surface area contributed by atoms with Gasteiger partial charge < -0.3 is 24.2 Å². The summed E-state index contributed by atoms with van der Waals surface area (Å²) in [6, 6.07) is 23.1. The highest BCUT2D eigenvalue weighted by atomic mass is 31.2. The van der Waals surface area contributed by atoms with Crippen molar-refractivity contribution in [1.29, 1.82) is 0 Å². The first kappa shape index (κ1) is 25.7. The SMILES string of the molecule is COc1ccc([C@@H](Nc2ccccc2)[P@@](=O)(OCC(C)C)c2ccc(N(C)C)cc2)cc1OC. The molecule has 0 spiro atoms. The maximum Gasteiger partial charge on any atom is 0.258 e. The molecule has 1 N–H and O–H groups in total. The number of anilines is 2. The van der Waals surface area contributed by atoms with Crippen LogP contribution < -0.4 is 25.0 Å². The van der Waals surface area contributed by atoms with Crippen molar-refractivity contribution in [3.05, 3.63) is 78.4 Å². The average molecular weight is 483 g/mol. The van der Waals surface area contributed by atoms with Crippen LogP contribution in [-0.2, 0) is 9.09 Å². The summed E-state index contributed by atoms with van der Waals surface area (Å²) in [5, 5.41) is 4.14. The summed E-state index contributed by atoms with van der Waals surface area (Å²) < 4.78 is 32.2. The van der Waals surface area contributed by atoms with E-state index < -0.39 is 13.2 Å². The summed E-state index contributed by atoms with van der Waals surface area (Å²) in [6.45, 7) is 4.47. The standard InChI is InChI=1S/C27H35N2O4P/c1-20(2)19-33-34(30,24-15-13-23(14-16-24)29(3)4)27(28-22-10-8-7-9-11-22)21-12-17-25(31-5)26(18-21)32-6/h7-18,20,27-28H,19H2,1-6H3/t27-,34-/m0/s1. The molecule has 182 valence electrons. The van der Waals surface area contributed by atoms with Gasteiger partial charge in [-0.25, -0.2) is 0 Å². The number of para-hydroxylation sites is 1. The van der Waals surface area contributed by atoms with Gasteiger partial charge in [0, 0.05) is 30.8 Å². The fourth-order valence-corrected chi connectivity index (χ4v) is 6.15. The van der Waals surface area contributed by atoms with Crippen LogP contribution in [0.15, 0.2) is 72.8 Å². The molecule has 0 fully saturated rings. The number of ether oxygens (including phenoxy) is 2. The van der Waals surface area contributed by atoms with E-state index in [2.05, 4.69) is 19.2 Å². The molecule has 34 heavy (non-hydrogen) atoms. The lowest BCUT2D eigenvalue weighted by Gasteiger charge is -2.31. The van der Waals surface area contributed by atoms with Gasteiger partial charge in [0.15, 0.2) is 11.5 Å². The number of nitrogens with zero attached hydrogens (tertiary/aromatic N) is 1. The van der Waals surface area contributed by atoms with Gasteiger partial charge in [-0.15, -0.1) is 0 Å². The zero-order chi connectivity index (χ0) is 24.7. The average Bonchev–Trinajstić information content (AvgIpc) is 2.86. The fraction of sp³-hybridized carbons (Fsp3) is 0.333. The van der Waals surface area contributed by atoms with Gasteiger partial charge in [-0.2, -0.15) is 0 Å². The Kier molecular flexibility index (Phi) is 8.65. The summed E-state index contributed by atoms with van der Waals surface area (Å²) in [7, 11) is 3.70.